The maximum atomic E-state index is 12.8. The molecule has 11 N–H and O–H groups in total. The number of aromatic amines is 1. The van der Waals surface area contributed by atoms with Gasteiger partial charge in [-0.25, -0.2) is 9.78 Å². The zero-order chi connectivity index (χ0) is 28.1. The fourth-order valence-corrected chi connectivity index (χ4v) is 3.01. The Morgan fingerprint density at radius 2 is 1.41 bits per heavy atom. The van der Waals surface area contributed by atoms with Crippen LogP contribution in [0.3, 0.4) is 0 Å². The summed E-state index contributed by atoms with van der Waals surface area (Å²) in [4.78, 5) is 89.1. The molecule has 4 unspecified atom stereocenters. The highest BCUT2D eigenvalue weighted by atomic mass is 16.4. The van der Waals surface area contributed by atoms with Gasteiger partial charge in [-0.3, -0.25) is 28.8 Å². The number of amides is 4. The number of imidazole rings is 1. The van der Waals surface area contributed by atoms with Gasteiger partial charge in [0.15, 0.2) is 0 Å². The molecule has 0 spiro atoms. The van der Waals surface area contributed by atoms with Gasteiger partial charge >= 0.3 is 17.9 Å². The highest BCUT2D eigenvalue weighted by Gasteiger charge is 2.31. The number of aliphatic carboxylic acids is 3. The Bertz CT molecular complexity index is 998. The summed E-state index contributed by atoms with van der Waals surface area (Å²) in [6, 6.07) is -6.09. The van der Waals surface area contributed by atoms with Crippen molar-refractivity contribution in [3.63, 3.8) is 0 Å². The van der Waals surface area contributed by atoms with Crippen molar-refractivity contribution >= 4 is 41.5 Å². The second-order valence-electron chi connectivity index (χ2n) is 7.94. The van der Waals surface area contributed by atoms with Crippen LogP contribution in [0.5, 0.6) is 0 Å². The van der Waals surface area contributed by atoms with E-state index in [1.807, 2.05) is 0 Å². The van der Waals surface area contributed by atoms with Gasteiger partial charge in [-0.2, -0.15) is 0 Å². The van der Waals surface area contributed by atoms with Crippen LogP contribution in [-0.4, -0.2) is 91.0 Å². The number of nitrogens with two attached hydrogens (primary N) is 2. The molecule has 1 heterocycles. The van der Waals surface area contributed by atoms with E-state index in [9.17, 15) is 38.7 Å². The molecule has 0 saturated heterocycles. The lowest BCUT2D eigenvalue weighted by Crippen LogP contribution is -2.57. The lowest BCUT2D eigenvalue weighted by atomic mass is 10.1. The molecular weight excluding hydrogens is 498 g/mol. The van der Waals surface area contributed by atoms with Crippen molar-refractivity contribution < 1.29 is 48.9 Å². The van der Waals surface area contributed by atoms with E-state index in [0.717, 1.165) is 0 Å². The molecule has 0 saturated carbocycles. The first-order valence-electron chi connectivity index (χ1n) is 10.9. The van der Waals surface area contributed by atoms with Gasteiger partial charge in [0, 0.05) is 31.2 Å². The van der Waals surface area contributed by atoms with Gasteiger partial charge in [0.1, 0.15) is 18.1 Å². The van der Waals surface area contributed by atoms with E-state index in [4.69, 9.17) is 21.7 Å². The summed E-state index contributed by atoms with van der Waals surface area (Å²) in [7, 11) is 0. The third kappa shape index (κ3) is 11.6. The van der Waals surface area contributed by atoms with Crippen LogP contribution >= 0.6 is 0 Å². The predicted molar refractivity (Wildman–Crippen MR) is 121 cm³/mol. The van der Waals surface area contributed by atoms with E-state index in [-0.39, 0.29) is 6.42 Å². The van der Waals surface area contributed by atoms with Gasteiger partial charge in [0.25, 0.3) is 0 Å². The molecule has 17 nitrogen and oxygen atoms in total. The summed E-state index contributed by atoms with van der Waals surface area (Å²) in [6.07, 6.45) is -0.00800. The Kier molecular flexibility index (Phi) is 12.2. The molecule has 4 amide bonds. The highest BCUT2D eigenvalue weighted by Crippen LogP contribution is 2.05. The lowest BCUT2D eigenvalue weighted by molar-refractivity contribution is -0.144. The summed E-state index contributed by atoms with van der Waals surface area (Å²) < 4.78 is 0. The maximum Gasteiger partial charge on any atom is 0.326 e. The Labute approximate surface area is 209 Å². The topological polar surface area (TPSA) is 297 Å². The second kappa shape index (κ2) is 14.8. The number of carboxylic acids is 3. The number of nitrogens with zero attached hydrogens (tertiary/aromatic N) is 1. The molecule has 0 bridgehead atoms. The van der Waals surface area contributed by atoms with Crippen LogP contribution in [0.2, 0.25) is 0 Å². The van der Waals surface area contributed by atoms with E-state index < -0.39 is 97.8 Å². The summed E-state index contributed by atoms with van der Waals surface area (Å²) >= 11 is 0. The smallest absolute Gasteiger partial charge is 0.326 e. The van der Waals surface area contributed by atoms with E-state index in [1.54, 1.807) is 0 Å². The minimum absolute atomic E-state index is 0.0101. The fourth-order valence-electron chi connectivity index (χ4n) is 3.01. The van der Waals surface area contributed by atoms with Crippen molar-refractivity contribution in [2.45, 2.75) is 62.7 Å². The van der Waals surface area contributed by atoms with Gasteiger partial charge in [0.2, 0.25) is 23.6 Å². The van der Waals surface area contributed by atoms with Crippen LogP contribution in [0.25, 0.3) is 0 Å². The van der Waals surface area contributed by atoms with Crippen LogP contribution in [0.1, 0.15) is 37.8 Å². The first-order chi connectivity index (χ1) is 17.3. The quantitative estimate of drug-likeness (QED) is 0.0950. The van der Waals surface area contributed by atoms with Gasteiger partial charge in [-0.1, -0.05) is 0 Å². The van der Waals surface area contributed by atoms with Gasteiger partial charge in [-0.15, -0.1) is 0 Å². The number of primary amides is 1. The molecule has 0 aromatic carbocycles. The van der Waals surface area contributed by atoms with E-state index in [2.05, 4.69) is 25.9 Å². The second-order valence-corrected chi connectivity index (χ2v) is 7.94. The maximum absolute atomic E-state index is 12.8. The highest BCUT2D eigenvalue weighted by molar-refractivity contribution is 5.96. The van der Waals surface area contributed by atoms with Gasteiger partial charge in [-0.05, 0) is 12.8 Å². The molecule has 37 heavy (non-hydrogen) atoms. The van der Waals surface area contributed by atoms with E-state index >= 15 is 0 Å². The molecule has 0 fully saturated rings. The van der Waals surface area contributed by atoms with Crippen molar-refractivity contribution in [3.8, 4) is 0 Å². The van der Waals surface area contributed by atoms with E-state index in [1.165, 1.54) is 12.5 Å². The largest absolute Gasteiger partial charge is 0.481 e. The SMILES string of the molecule is NC(=O)CCC(NC(=O)C(CC(=O)O)NC(=O)C(N)Cc1cnc[nH]1)C(=O)NC(CCC(=O)O)C(=O)O. The van der Waals surface area contributed by atoms with Crippen LogP contribution in [-0.2, 0) is 40.0 Å². The zero-order valence-electron chi connectivity index (χ0n) is 19.5. The number of carbonyl (C=O) groups excluding carboxylic acids is 4. The summed E-state index contributed by atoms with van der Waals surface area (Å²) in [5.41, 5.74) is 11.4. The van der Waals surface area contributed by atoms with Crippen molar-refractivity contribution in [1.29, 1.82) is 0 Å². The summed E-state index contributed by atoms with van der Waals surface area (Å²) in [6.45, 7) is 0. The lowest BCUT2D eigenvalue weighted by Gasteiger charge is -2.24. The van der Waals surface area contributed by atoms with Gasteiger partial charge < -0.3 is 47.7 Å². The average molecular weight is 527 g/mol. The Hall–Kier alpha value is -4.54. The van der Waals surface area contributed by atoms with Crippen molar-refractivity contribution in [2.75, 3.05) is 0 Å². The standard InChI is InChI=1S/C20H29N7O10/c21-10(5-9-7-23-8-24-9)17(33)27-13(6-16(31)32)19(35)25-11(1-3-14(22)28)18(34)26-12(20(36)37)2-4-15(29)30/h7-8,10-13H,1-6,21H2,(H2,22,28)(H,23,24)(H,25,35)(H,26,34)(H,27,33)(H,29,30)(H,31,32)(H,36,37). The van der Waals surface area contributed by atoms with Crippen LogP contribution < -0.4 is 27.4 Å². The Balaban J connectivity index is 2.99. The number of carboxylic acid groups (broad SMARTS) is 3. The number of aromatic nitrogens is 2. The third-order valence-electron chi connectivity index (χ3n) is 4.92. The number of carbonyl (C=O) groups is 7. The summed E-state index contributed by atoms with van der Waals surface area (Å²) in [5, 5.41) is 33.6. The van der Waals surface area contributed by atoms with Crippen LogP contribution in [0.15, 0.2) is 12.5 Å². The molecule has 4 atom stereocenters. The molecular formula is C20H29N7O10. The number of rotatable bonds is 17. The number of hydrogen-bond acceptors (Lipinski definition) is 9. The van der Waals surface area contributed by atoms with Crippen molar-refractivity contribution in [3.05, 3.63) is 18.2 Å². The zero-order valence-corrected chi connectivity index (χ0v) is 19.5. The molecule has 1 rings (SSSR count). The van der Waals surface area contributed by atoms with Crippen molar-refractivity contribution in [2.24, 2.45) is 11.5 Å². The fraction of sp³-hybridized carbons (Fsp3) is 0.500. The normalized spacial score (nSPS) is 13.9. The van der Waals surface area contributed by atoms with Crippen LogP contribution in [0.4, 0.5) is 0 Å². The summed E-state index contributed by atoms with van der Waals surface area (Å²) in [5.74, 6) is -8.29. The number of H-pyrrole nitrogens is 1. The average Bonchev–Trinajstić information content (AvgIpc) is 3.30. The molecule has 1 aromatic heterocycles. The minimum atomic E-state index is -1.69. The number of nitrogens with one attached hydrogen (secondary N) is 4. The predicted octanol–water partition coefficient (Wildman–Crippen LogP) is -3.58. The molecule has 0 aliphatic heterocycles. The molecule has 0 radical (unpaired) electrons. The number of hydrogen-bond donors (Lipinski definition) is 9. The molecule has 204 valence electrons. The molecule has 0 aliphatic carbocycles. The Morgan fingerprint density at radius 1 is 0.838 bits per heavy atom. The first kappa shape index (κ1) is 30.5. The molecule has 0 aliphatic rings. The van der Waals surface area contributed by atoms with Crippen LogP contribution in [0, 0.1) is 0 Å². The van der Waals surface area contributed by atoms with Gasteiger partial charge in [0.05, 0.1) is 18.8 Å². The minimum Gasteiger partial charge on any atom is -0.481 e. The monoisotopic (exact) mass is 527 g/mol. The molecule has 1 aromatic rings. The Morgan fingerprint density at radius 3 is 1.92 bits per heavy atom. The van der Waals surface area contributed by atoms with E-state index in [0.29, 0.717) is 5.69 Å². The third-order valence-corrected chi connectivity index (χ3v) is 4.92. The molecule has 17 heteroatoms. The first-order valence-corrected chi connectivity index (χ1v) is 10.9. The van der Waals surface area contributed by atoms with Crippen molar-refractivity contribution in [1.82, 2.24) is 25.9 Å².